The number of hydrogen-bond acceptors (Lipinski definition) is 4. The van der Waals surface area contributed by atoms with Crippen LogP contribution in [-0.2, 0) is 0 Å². The number of thioether (sulfide) groups is 1. The van der Waals surface area contributed by atoms with E-state index in [1.807, 2.05) is 0 Å². The maximum atomic E-state index is 12.5. The second-order valence-corrected chi connectivity index (χ2v) is 8.80. The van der Waals surface area contributed by atoms with Crippen LogP contribution in [0.1, 0.15) is 0 Å². The molecular weight excluding hydrogens is 504 g/mol. The Morgan fingerprint density at radius 3 is 2.52 bits per heavy atom. The van der Waals surface area contributed by atoms with Crippen molar-refractivity contribution in [3.05, 3.63) is 82.1 Å². The number of pyridine rings is 1. The van der Waals surface area contributed by atoms with E-state index >= 15 is 0 Å². The molecule has 0 bridgehead atoms. The van der Waals surface area contributed by atoms with E-state index in [2.05, 4.69) is 10.3 Å². The van der Waals surface area contributed by atoms with Gasteiger partial charge in [-0.15, -0.1) is 0 Å². The molecule has 0 atom stereocenters. The fourth-order valence-electron chi connectivity index (χ4n) is 2.29. The van der Waals surface area contributed by atoms with Crippen molar-refractivity contribution < 1.29 is 14.3 Å². The molecule has 1 heterocycles. The molecule has 0 unspecified atom stereocenters. The van der Waals surface area contributed by atoms with Gasteiger partial charge in [0.2, 0.25) is 0 Å². The number of rotatable bonds is 5. The smallest absolute Gasteiger partial charge is 0.346 e. The van der Waals surface area contributed by atoms with Gasteiger partial charge in [-0.05, 0) is 48.2 Å². The molecule has 0 spiro atoms. The Labute approximate surface area is 202 Å². The monoisotopic (exact) mass is 515 g/mol. The standard InChI is InChI=1S/C20H13Cl4N3O3S/c21-12-8-9-15(13(22)11-12)30-16-6-2-1-5-14(16)25-20(28)26-19(18(23)24)31-17-7-3-4-10-27(17)29/h1-11,18H,(H,25,28)/b26-19+. The van der Waals surface area contributed by atoms with E-state index in [9.17, 15) is 10.0 Å². The molecule has 0 saturated heterocycles. The number of benzene rings is 2. The molecule has 0 radical (unpaired) electrons. The number of carbonyl (C=O) groups is 1. The van der Waals surface area contributed by atoms with Gasteiger partial charge in [0.15, 0.2) is 16.8 Å². The lowest BCUT2D eigenvalue weighted by molar-refractivity contribution is -0.645. The zero-order valence-corrected chi connectivity index (χ0v) is 19.3. The van der Waals surface area contributed by atoms with Crippen LogP contribution in [0.15, 0.2) is 76.9 Å². The SMILES string of the molecule is O=C(/N=C(/Sc1cccc[n+]1[O-])C(Cl)Cl)Nc1ccccc1Oc1ccc(Cl)cc1Cl. The van der Waals surface area contributed by atoms with Gasteiger partial charge in [-0.2, -0.15) is 9.72 Å². The minimum atomic E-state index is -1.12. The third kappa shape index (κ3) is 6.66. The molecule has 0 aliphatic rings. The van der Waals surface area contributed by atoms with Crippen molar-refractivity contribution in [2.75, 3.05) is 5.32 Å². The lowest BCUT2D eigenvalue weighted by atomic mass is 10.3. The van der Waals surface area contributed by atoms with Gasteiger partial charge in [-0.3, -0.25) is 0 Å². The normalized spacial score (nSPS) is 11.5. The molecular formula is C20H13Cl4N3O3S. The van der Waals surface area contributed by atoms with Crippen molar-refractivity contribution in [1.82, 2.24) is 0 Å². The molecule has 1 aromatic heterocycles. The lowest BCUT2D eigenvalue weighted by Gasteiger charge is -2.13. The number of carbonyl (C=O) groups excluding carboxylic acids is 1. The summed E-state index contributed by atoms with van der Waals surface area (Å²) in [6.07, 6.45) is 1.31. The van der Waals surface area contributed by atoms with E-state index in [4.69, 9.17) is 51.1 Å². The molecule has 0 aliphatic heterocycles. The number of nitrogens with one attached hydrogen (secondary N) is 1. The third-order valence-electron chi connectivity index (χ3n) is 3.64. The van der Waals surface area contributed by atoms with Crippen LogP contribution in [0, 0.1) is 5.21 Å². The second kappa shape index (κ2) is 10.9. The number of alkyl halides is 2. The number of para-hydroxylation sites is 2. The number of aromatic nitrogens is 1. The minimum Gasteiger partial charge on any atom is -0.618 e. The fraction of sp³-hybridized carbons (Fsp3) is 0.0500. The summed E-state index contributed by atoms with van der Waals surface area (Å²) in [5, 5.41) is 15.5. The summed E-state index contributed by atoms with van der Waals surface area (Å²) in [5.74, 6) is 0.691. The van der Waals surface area contributed by atoms with Crippen LogP contribution in [0.5, 0.6) is 11.5 Å². The minimum absolute atomic E-state index is 0.0378. The predicted molar refractivity (Wildman–Crippen MR) is 126 cm³/mol. The highest BCUT2D eigenvalue weighted by atomic mass is 35.5. The second-order valence-electron chi connectivity index (χ2n) is 5.82. The van der Waals surface area contributed by atoms with Crippen molar-refractivity contribution in [2.24, 2.45) is 4.99 Å². The molecule has 2 aromatic carbocycles. The molecule has 31 heavy (non-hydrogen) atoms. The molecule has 0 saturated carbocycles. The quantitative estimate of drug-likeness (QED) is 0.0993. The van der Waals surface area contributed by atoms with Crippen LogP contribution in [0.25, 0.3) is 0 Å². The average Bonchev–Trinajstić information content (AvgIpc) is 2.72. The van der Waals surface area contributed by atoms with Gasteiger partial charge in [0.05, 0.1) is 10.7 Å². The summed E-state index contributed by atoms with van der Waals surface area (Å²) in [5.41, 5.74) is 0.339. The Bertz CT molecular complexity index is 1130. The van der Waals surface area contributed by atoms with E-state index in [0.717, 1.165) is 11.8 Å². The van der Waals surface area contributed by atoms with Gasteiger partial charge < -0.3 is 15.3 Å². The van der Waals surface area contributed by atoms with Crippen molar-refractivity contribution in [2.45, 2.75) is 9.86 Å². The Kier molecular flexibility index (Phi) is 8.28. The zero-order valence-electron chi connectivity index (χ0n) is 15.5. The largest absolute Gasteiger partial charge is 0.618 e. The van der Waals surface area contributed by atoms with Crippen molar-refractivity contribution >= 4 is 74.9 Å². The fourth-order valence-corrected chi connectivity index (χ4v) is 3.83. The zero-order chi connectivity index (χ0) is 22.4. The maximum absolute atomic E-state index is 12.5. The van der Waals surface area contributed by atoms with E-state index in [1.54, 1.807) is 60.7 Å². The van der Waals surface area contributed by atoms with E-state index in [1.165, 1.54) is 6.20 Å². The van der Waals surface area contributed by atoms with Crippen molar-refractivity contribution in [3.63, 3.8) is 0 Å². The number of urea groups is 1. The Balaban J connectivity index is 1.80. The first kappa shape index (κ1) is 23.5. The van der Waals surface area contributed by atoms with Gasteiger partial charge in [0, 0.05) is 17.2 Å². The molecule has 0 aliphatic carbocycles. The third-order valence-corrected chi connectivity index (χ3v) is 5.90. The molecule has 6 nitrogen and oxygen atoms in total. The number of hydrogen-bond donors (Lipinski definition) is 1. The topological polar surface area (TPSA) is 77.6 Å². The summed E-state index contributed by atoms with van der Waals surface area (Å²) >= 11 is 24.8. The first-order valence-electron chi connectivity index (χ1n) is 8.59. The maximum Gasteiger partial charge on any atom is 0.346 e. The summed E-state index contributed by atoms with van der Waals surface area (Å²) in [6, 6.07) is 15.5. The highest BCUT2D eigenvalue weighted by molar-refractivity contribution is 8.14. The predicted octanol–water partition coefficient (Wildman–Crippen LogP) is 6.95. The van der Waals surface area contributed by atoms with Crippen LogP contribution in [0.3, 0.4) is 0 Å². The van der Waals surface area contributed by atoms with Gasteiger partial charge >= 0.3 is 6.03 Å². The molecule has 0 fully saturated rings. The summed E-state index contributed by atoms with van der Waals surface area (Å²) in [6.45, 7) is 0. The van der Waals surface area contributed by atoms with Crippen molar-refractivity contribution in [3.8, 4) is 11.5 Å². The van der Waals surface area contributed by atoms with Crippen LogP contribution in [0.4, 0.5) is 10.5 Å². The summed E-state index contributed by atoms with van der Waals surface area (Å²) < 4.78 is 6.42. The number of aliphatic imine (C=N–C) groups is 1. The number of amides is 2. The van der Waals surface area contributed by atoms with Crippen LogP contribution >= 0.6 is 58.2 Å². The first-order valence-corrected chi connectivity index (χ1v) is 11.0. The Hall–Kier alpha value is -2.16. The highest BCUT2D eigenvalue weighted by Crippen LogP contribution is 2.35. The molecule has 2 amide bonds. The van der Waals surface area contributed by atoms with Crippen LogP contribution in [-0.4, -0.2) is 15.9 Å². The first-order chi connectivity index (χ1) is 14.8. The molecule has 1 N–H and O–H groups in total. The van der Waals surface area contributed by atoms with Gasteiger partial charge in [0.1, 0.15) is 10.8 Å². The summed E-state index contributed by atoms with van der Waals surface area (Å²) in [4.78, 5) is 15.3. The molecule has 3 rings (SSSR count). The van der Waals surface area contributed by atoms with E-state index < -0.39 is 10.9 Å². The number of halogens is 4. The van der Waals surface area contributed by atoms with Crippen LogP contribution < -0.4 is 14.8 Å². The van der Waals surface area contributed by atoms with E-state index in [-0.39, 0.29) is 10.1 Å². The average molecular weight is 517 g/mol. The molecule has 11 heteroatoms. The Morgan fingerprint density at radius 1 is 1.06 bits per heavy atom. The Morgan fingerprint density at radius 2 is 1.81 bits per heavy atom. The van der Waals surface area contributed by atoms with Crippen molar-refractivity contribution in [1.29, 1.82) is 0 Å². The number of ether oxygens (including phenoxy) is 1. The van der Waals surface area contributed by atoms with Gasteiger partial charge in [-0.25, -0.2) is 4.79 Å². The number of nitrogens with zero attached hydrogens (tertiary/aromatic N) is 2. The highest BCUT2D eigenvalue weighted by Gasteiger charge is 2.19. The van der Waals surface area contributed by atoms with Crippen LogP contribution in [0.2, 0.25) is 10.0 Å². The lowest BCUT2D eigenvalue weighted by Crippen LogP contribution is -2.28. The molecule has 160 valence electrons. The van der Waals surface area contributed by atoms with Gasteiger partial charge in [-0.1, -0.05) is 58.5 Å². The number of anilines is 1. The summed E-state index contributed by atoms with van der Waals surface area (Å²) in [7, 11) is 0. The van der Waals surface area contributed by atoms with E-state index in [0.29, 0.717) is 32.0 Å². The van der Waals surface area contributed by atoms with Gasteiger partial charge in [0.25, 0.3) is 5.03 Å². The molecule has 3 aromatic rings.